The Morgan fingerprint density at radius 3 is 3.23 bits per heavy atom. The van der Waals surface area contributed by atoms with Crippen molar-refractivity contribution >= 4 is 55.0 Å². The minimum atomic E-state index is -1.21. The van der Waals surface area contributed by atoms with Crippen LogP contribution in [0.5, 0.6) is 5.75 Å². The van der Waals surface area contributed by atoms with Gasteiger partial charge in [-0.15, -0.1) is 0 Å². The number of pyridine rings is 2. The third-order valence-corrected chi connectivity index (χ3v) is 8.09. The van der Waals surface area contributed by atoms with E-state index in [1.807, 2.05) is 18.2 Å². The number of nitrogens with one attached hydrogen (secondary N) is 2. The van der Waals surface area contributed by atoms with Crippen LogP contribution < -0.4 is 10.1 Å². The van der Waals surface area contributed by atoms with Gasteiger partial charge < -0.3 is 19.3 Å². The van der Waals surface area contributed by atoms with Gasteiger partial charge in [-0.2, -0.15) is 9.73 Å². The van der Waals surface area contributed by atoms with Crippen LogP contribution in [-0.4, -0.2) is 62.0 Å². The number of anilines is 1. The van der Waals surface area contributed by atoms with E-state index >= 15 is 0 Å². The second kappa shape index (κ2) is 7.38. The van der Waals surface area contributed by atoms with Crippen LogP contribution in [0.15, 0.2) is 34.8 Å². The van der Waals surface area contributed by atoms with Crippen molar-refractivity contribution in [3.05, 3.63) is 30.6 Å². The van der Waals surface area contributed by atoms with Gasteiger partial charge in [-0.1, -0.05) is 11.3 Å². The fraction of sp³-hybridized carbons (Fsp3) is 0.250. The molecule has 0 aromatic carbocycles. The summed E-state index contributed by atoms with van der Waals surface area (Å²) in [5, 5.41) is 12.9. The van der Waals surface area contributed by atoms with Crippen LogP contribution in [0.4, 0.5) is 5.82 Å². The smallest absolute Gasteiger partial charge is 0.234 e. The van der Waals surface area contributed by atoms with Gasteiger partial charge in [-0.3, -0.25) is 5.10 Å². The highest BCUT2D eigenvalue weighted by atomic mass is 32.2. The summed E-state index contributed by atoms with van der Waals surface area (Å²) in [6.45, 7) is 1.77. The molecule has 11 heteroatoms. The minimum absolute atomic E-state index is 0.422. The summed E-state index contributed by atoms with van der Waals surface area (Å²) >= 11 is 0.228. The quantitative estimate of drug-likeness (QED) is 0.393. The van der Waals surface area contributed by atoms with E-state index < -0.39 is 11.2 Å². The number of H-pyrrole nitrogens is 1. The molecule has 0 spiro atoms. The largest absolute Gasteiger partial charge is 0.611 e. The van der Waals surface area contributed by atoms with E-state index in [1.54, 1.807) is 24.1 Å². The Kier molecular flexibility index (Phi) is 4.49. The van der Waals surface area contributed by atoms with Crippen LogP contribution in [0, 0.1) is 0 Å². The first-order valence-corrected chi connectivity index (χ1v) is 11.9. The predicted molar refractivity (Wildman–Crippen MR) is 121 cm³/mol. The summed E-state index contributed by atoms with van der Waals surface area (Å²) < 4.78 is 26.3. The van der Waals surface area contributed by atoms with Gasteiger partial charge in [0, 0.05) is 35.4 Å². The molecular weight excluding hydrogens is 436 g/mol. The predicted octanol–water partition coefficient (Wildman–Crippen LogP) is 3.05. The molecule has 1 unspecified atom stereocenters. The van der Waals surface area contributed by atoms with Gasteiger partial charge in [0.2, 0.25) is 4.21 Å². The summed E-state index contributed by atoms with van der Waals surface area (Å²) in [6, 6.07) is 5.94. The zero-order chi connectivity index (χ0) is 20.9. The number of hydrogen-bond donors (Lipinski definition) is 2. The number of hydrogen-bond acceptors (Lipinski definition) is 8. The number of nitrogens with zero attached hydrogens (tertiary/aromatic N) is 4. The molecule has 5 aromatic heterocycles. The summed E-state index contributed by atoms with van der Waals surface area (Å²) in [7, 11) is 1.61. The number of aromatic amines is 1. The summed E-state index contributed by atoms with van der Waals surface area (Å²) in [5.41, 5.74) is 3.37. The monoisotopic (exact) mass is 454 g/mol. The SMILES string of the molecule is COCC[S+]([O-])c1sc2nc(-c3cnc4c(c3)OCCN4)cc3c2c1[nH]n1nccc31. The molecule has 0 aliphatic carbocycles. The van der Waals surface area contributed by atoms with Crippen LogP contribution in [0.25, 0.3) is 37.9 Å². The molecule has 0 fully saturated rings. The third kappa shape index (κ3) is 3.04. The second-order valence-electron chi connectivity index (χ2n) is 7.13. The number of fused-ring (bicyclic) bond motifs is 3. The van der Waals surface area contributed by atoms with E-state index in [0.29, 0.717) is 19.0 Å². The molecule has 6 rings (SSSR count). The summed E-state index contributed by atoms with van der Waals surface area (Å²) in [5.74, 6) is 1.89. The average molecular weight is 455 g/mol. The van der Waals surface area contributed by atoms with E-state index in [2.05, 4.69) is 20.5 Å². The Balaban J connectivity index is 1.58. The topological polar surface area (TPSA) is 112 Å². The van der Waals surface area contributed by atoms with Crippen LogP contribution >= 0.6 is 11.3 Å². The molecule has 2 N–H and O–H groups in total. The fourth-order valence-electron chi connectivity index (χ4n) is 3.80. The van der Waals surface area contributed by atoms with E-state index in [-0.39, 0.29) is 0 Å². The van der Waals surface area contributed by atoms with E-state index in [4.69, 9.17) is 14.5 Å². The Bertz CT molecular complexity index is 1430. The van der Waals surface area contributed by atoms with Crippen molar-refractivity contribution in [2.24, 2.45) is 0 Å². The molecule has 1 atom stereocenters. The first-order valence-electron chi connectivity index (χ1n) is 9.76. The van der Waals surface area contributed by atoms with Crippen molar-refractivity contribution in [3.8, 4) is 17.0 Å². The van der Waals surface area contributed by atoms with Gasteiger partial charge in [0.15, 0.2) is 11.6 Å². The highest BCUT2D eigenvalue weighted by Gasteiger charge is 2.25. The standard InChI is InChI=1S/C20H18N6O3S2/c1-28-6-7-31(27)20-17-16-12(14-2-3-23-26(14)25-17)9-13(24-19(16)30-20)11-8-15-18(22-10-11)21-4-5-29-15/h2-3,8-10,25H,4-7H2,1H3,(H,21,22). The molecule has 0 saturated carbocycles. The molecule has 0 radical (unpaired) electrons. The van der Waals surface area contributed by atoms with Crippen molar-refractivity contribution in [1.29, 1.82) is 0 Å². The molecule has 6 heterocycles. The van der Waals surface area contributed by atoms with Crippen molar-refractivity contribution in [3.63, 3.8) is 0 Å². The zero-order valence-corrected chi connectivity index (χ0v) is 18.2. The lowest BCUT2D eigenvalue weighted by Gasteiger charge is -2.18. The number of methoxy groups -OCH3 is 1. The van der Waals surface area contributed by atoms with E-state index in [1.165, 1.54) is 11.3 Å². The van der Waals surface area contributed by atoms with Gasteiger partial charge >= 0.3 is 0 Å². The number of thiophene rings is 1. The van der Waals surface area contributed by atoms with Gasteiger partial charge in [0.1, 0.15) is 22.7 Å². The normalized spacial score (nSPS) is 14.6. The highest BCUT2D eigenvalue weighted by Crippen LogP contribution is 2.40. The van der Waals surface area contributed by atoms with Gasteiger partial charge in [0.25, 0.3) is 0 Å². The molecule has 0 bridgehead atoms. The van der Waals surface area contributed by atoms with Gasteiger partial charge in [-0.05, 0) is 18.2 Å². The molecule has 0 saturated heterocycles. The van der Waals surface area contributed by atoms with Gasteiger partial charge in [0.05, 0.1) is 35.9 Å². The highest BCUT2D eigenvalue weighted by molar-refractivity contribution is 7.93. The Hall–Kier alpha value is -2.86. The van der Waals surface area contributed by atoms with Crippen LogP contribution in [0.3, 0.4) is 0 Å². The Morgan fingerprint density at radius 1 is 1.39 bits per heavy atom. The average Bonchev–Trinajstić information content (AvgIpc) is 3.43. The maximum Gasteiger partial charge on any atom is 0.234 e. The number of aromatic nitrogens is 5. The lowest BCUT2D eigenvalue weighted by Crippen LogP contribution is -2.18. The Labute approximate surface area is 183 Å². The van der Waals surface area contributed by atoms with Crippen molar-refractivity contribution in [2.75, 3.05) is 37.9 Å². The van der Waals surface area contributed by atoms with Crippen molar-refractivity contribution in [1.82, 2.24) is 24.8 Å². The molecule has 5 aromatic rings. The third-order valence-electron chi connectivity index (χ3n) is 5.25. The summed E-state index contributed by atoms with van der Waals surface area (Å²) in [4.78, 5) is 10.2. The van der Waals surface area contributed by atoms with E-state index in [0.717, 1.165) is 60.2 Å². The van der Waals surface area contributed by atoms with Crippen LogP contribution in [0.1, 0.15) is 0 Å². The van der Waals surface area contributed by atoms with E-state index in [9.17, 15) is 4.55 Å². The van der Waals surface area contributed by atoms with Gasteiger partial charge in [-0.25, -0.2) is 9.97 Å². The maximum absolute atomic E-state index is 13.0. The Morgan fingerprint density at radius 2 is 2.32 bits per heavy atom. The minimum Gasteiger partial charge on any atom is -0.611 e. The molecule has 1 aliphatic heterocycles. The molecule has 0 amide bonds. The molecule has 158 valence electrons. The van der Waals surface area contributed by atoms with Crippen molar-refractivity contribution in [2.45, 2.75) is 4.21 Å². The molecule has 1 aliphatic rings. The number of rotatable bonds is 5. The zero-order valence-electron chi connectivity index (χ0n) is 16.5. The summed E-state index contributed by atoms with van der Waals surface area (Å²) in [6.07, 6.45) is 3.54. The second-order valence-corrected chi connectivity index (χ2v) is 9.89. The first kappa shape index (κ1) is 18.9. The fourth-order valence-corrected chi connectivity index (χ4v) is 6.42. The number of ether oxygens (including phenoxy) is 2. The lowest BCUT2D eigenvalue weighted by atomic mass is 10.1. The molecular formula is C20H18N6O3S2. The lowest BCUT2D eigenvalue weighted by molar-refractivity contribution is 0.217. The van der Waals surface area contributed by atoms with Crippen LogP contribution in [0.2, 0.25) is 0 Å². The molecule has 31 heavy (non-hydrogen) atoms. The molecule has 9 nitrogen and oxygen atoms in total. The maximum atomic E-state index is 13.0. The van der Waals surface area contributed by atoms with Crippen molar-refractivity contribution < 1.29 is 14.0 Å². The van der Waals surface area contributed by atoms with Crippen LogP contribution in [-0.2, 0) is 15.9 Å². The first-order chi connectivity index (χ1) is 15.2.